The minimum absolute atomic E-state index is 0.695. The highest BCUT2D eigenvalue weighted by Crippen LogP contribution is 2.21. The van der Waals surface area contributed by atoms with Crippen LogP contribution in [0.1, 0.15) is 16.7 Å². The third-order valence-corrected chi connectivity index (χ3v) is 5.01. The van der Waals surface area contributed by atoms with E-state index in [4.69, 9.17) is 0 Å². The normalized spacial score (nSPS) is 11.4. The second kappa shape index (κ2) is 9.23. The summed E-state index contributed by atoms with van der Waals surface area (Å²) in [5, 5.41) is 10.9. The Morgan fingerprint density at radius 2 is 1.89 bits per heavy atom. The van der Waals surface area contributed by atoms with Gasteiger partial charge in [-0.15, -0.1) is 11.8 Å². The molecule has 0 saturated carbocycles. The lowest BCUT2D eigenvalue weighted by molar-refractivity contribution is 0.800. The van der Waals surface area contributed by atoms with Crippen molar-refractivity contribution in [3.05, 3.63) is 71.8 Å². The van der Waals surface area contributed by atoms with E-state index in [1.165, 1.54) is 27.9 Å². The van der Waals surface area contributed by atoms with Crippen LogP contribution in [0.4, 0.5) is 0 Å². The van der Waals surface area contributed by atoms with E-state index in [9.17, 15) is 0 Å². The first kappa shape index (κ1) is 19.0. The summed E-state index contributed by atoms with van der Waals surface area (Å²) in [6, 6.07) is 14.7. The molecule has 1 heterocycles. The molecule has 3 rings (SSSR count). The number of aryl methyl sites for hydroxylation is 1. The summed E-state index contributed by atoms with van der Waals surface area (Å²) >= 11 is 1.77. The van der Waals surface area contributed by atoms with E-state index in [0.717, 1.165) is 18.2 Å². The number of hydrogen-bond acceptors (Lipinski definition) is 4. The van der Waals surface area contributed by atoms with Crippen molar-refractivity contribution in [3.8, 4) is 5.69 Å². The Morgan fingerprint density at radius 1 is 1.11 bits per heavy atom. The molecule has 0 spiro atoms. The second-order valence-corrected chi connectivity index (χ2v) is 6.95. The lowest BCUT2D eigenvalue weighted by Gasteiger charge is -2.14. The molecule has 0 fully saturated rings. The van der Waals surface area contributed by atoms with E-state index in [1.807, 2.05) is 12.1 Å². The highest BCUT2D eigenvalue weighted by Gasteiger charge is 2.04. The van der Waals surface area contributed by atoms with Crippen LogP contribution in [0.25, 0.3) is 5.69 Å². The first-order chi connectivity index (χ1) is 13.2. The van der Waals surface area contributed by atoms with Gasteiger partial charge in [-0.25, -0.2) is 9.67 Å². The summed E-state index contributed by atoms with van der Waals surface area (Å²) in [6.07, 6.45) is 5.32. The van der Waals surface area contributed by atoms with E-state index >= 15 is 0 Å². The number of rotatable bonds is 6. The minimum Gasteiger partial charge on any atom is -0.352 e. The van der Waals surface area contributed by atoms with E-state index in [1.54, 1.807) is 29.8 Å². The minimum atomic E-state index is 0.695. The van der Waals surface area contributed by atoms with Gasteiger partial charge in [0.1, 0.15) is 12.7 Å². The molecule has 0 amide bonds. The number of nitrogens with one attached hydrogen (secondary N) is 2. The van der Waals surface area contributed by atoms with Crippen molar-refractivity contribution >= 4 is 17.7 Å². The Balaban J connectivity index is 1.55. The maximum Gasteiger partial charge on any atom is 0.191 e. The predicted molar refractivity (Wildman–Crippen MR) is 111 cm³/mol. The van der Waals surface area contributed by atoms with Crippen molar-refractivity contribution in [1.82, 2.24) is 25.4 Å². The summed E-state index contributed by atoms with van der Waals surface area (Å²) < 4.78 is 1.74. The van der Waals surface area contributed by atoms with Gasteiger partial charge in [0.15, 0.2) is 5.96 Å². The van der Waals surface area contributed by atoms with Crippen molar-refractivity contribution in [2.45, 2.75) is 24.9 Å². The van der Waals surface area contributed by atoms with Crippen LogP contribution >= 0.6 is 11.8 Å². The maximum atomic E-state index is 4.31. The molecule has 3 aromatic rings. The van der Waals surface area contributed by atoms with Crippen LogP contribution in [-0.2, 0) is 13.1 Å². The zero-order chi connectivity index (χ0) is 19.1. The topological polar surface area (TPSA) is 67.1 Å². The Morgan fingerprint density at radius 3 is 2.56 bits per heavy atom. The van der Waals surface area contributed by atoms with Crippen LogP contribution in [0.5, 0.6) is 0 Å². The average Bonchev–Trinajstić information content (AvgIpc) is 3.24. The first-order valence-corrected chi connectivity index (χ1v) is 9.94. The lowest BCUT2D eigenvalue weighted by atomic mass is 10.1. The Hall–Kier alpha value is -2.80. The quantitative estimate of drug-likeness (QED) is 0.391. The number of hydrogen-bond donors (Lipinski definition) is 2. The van der Waals surface area contributed by atoms with Crippen molar-refractivity contribution < 1.29 is 0 Å². The number of aliphatic imine (C=N–C) groups is 1. The third kappa shape index (κ3) is 5.10. The molecule has 0 radical (unpaired) electrons. The van der Waals surface area contributed by atoms with Gasteiger partial charge < -0.3 is 10.6 Å². The van der Waals surface area contributed by atoms with Crippen molar-refractivity contribution in [1.29, 1.82) is 0 Å². The Labute approximate surface area is 164 Å². The fourth-order valence-corrected chi connectivity index (χ4v) is 3.40. The molecule has 7 heteroatoms. The standard InChI is InChI=1S/C20H24N6S/c1-15-4-7-17(19(10-15)27-3)12-24-20(21-2)23-11-16-5-8-18(9-6-16)26-14-22-13-25-26/h4-10,13-14H,11-12H2,1-3H3,(H2,21,23,24). The van der Waals surface area contributed by atoms with Gasteiger partial charge in [-0.3, -0.25) is 4.99 Å². The SMILES string of the molecule is CN=C(NCc1ccc(-n2cncn2)cc1)NCc1ccc(C)cc1SC. The molecule has 2 N–H and O–H groups in total. The van der Waals surface area contributed by atoms with Gasteiger partial charge in [0.05, 0.1) is 5.69 Å². The molecule has 140 valence electrons. The monoisotopic (exact) mass is 380 g/mol. The van der Waals surface area contributed by atoms with Gasteiger partial charge in [-0.1, -0.05) is 24.3 Å². The maximum absolute atomic E-state index is 4.31. The molecule has 0 atom stereocenters. The molecule has 0 aliphatic heterocycles. The summed E-state index contributed by atoms with van der Waals surface area (Å²) in [4.78, 5) is 9.58. The summed E-state index contributed by atoms with van der Waals surface area (Å²) in [5.41, 5.74) is 4.71. The largest absolute Gasteiger partial charge is 0.352 e. The van der Waals surface area contributed by atoms with E-state index in [2.05, 4.69) is 69.2 Å². The molecular formula is C20H24N6S. The van der Waals surface area contributed by atoms with E-state index < -0.39 is 0 Å². The Bertz CT molecular complexity index is 887. The van der Waals surface area contributed by atoms with Gasteiger partial charge >= 0.3 is 0 Å². The van der Waals surface area contributed by atoms with Gasteiger partial charge in [0.25, 0.3) is 0 Å². The molecule has 0 unspecified atom stereocenters. The molecule has 0 saturated heterocycles. The van der Waals surface area contributed by atoms with Gasteiger partial charge in [-0.2, -0.15) is 5.10 Å². The average molecular weight is 381 g/mol. The second-order valence-electron chi connectivity index (χ2n) is 6.10. The molecule has 0 bridgehead atoms. The molecule has 27 heavy (non-hydrogen) atoms. The fourth-order valence-electron chi connectivity index (χ4n) is 2.69. The lowest BCUT2D eigenvalue weighted by Crippen LogP contribution is -2.36. The summed E-state index contributed by atoms with van der Waals surface area (Å²) in [7, 11) is 1.79. The first-order valence-electron chi connectivity index (χ1n) is 8.71. The number of guanidine groups is 1. The molecule has 2 aromatic carbocycles. The number of aromatic nitrogens is 3. The third-order valence-electron chi connectivity index (χ3n) is 4.19. The highest BCUT2D eigenvalue weighted by molar-refractivity contribution is 7.98. The van der Waals surface area contributed by atoms with Crippen LogP contribution < -0.4 is 10.6 Å². The molecule has 0 aliphatic carbocycles. The van der Waals surface area contributed by atoms with Crippen LogP contribution in [0.3, 0.4) is 0 Å². The summed E-state index contributed by atoms with van der Waals surface area (Å²) in [6.45, 7) is 3.55. The molecule has 0 aliphatic rings. The van der Waals surface area contributed by atoms with Crippen molar-refractivity contribution in [2.75, 3.05) is 13.3 Å². The van der Waals surface area contributed by atoms with Crippen molar-refractivity contribution in [3.63, 3.8) is 0 Å². The zero-order valence-corrected chi connectivity index (χ0v) is 16.6. The smallest absolute Gasteiger partial charge is 0.191 e. The summed E-state index contributed by atoms with van der Waals surface area (Å²) in [5.74, 6) is 0.781. The number of thioether (sulfide) groups is 1. The fraction of sp³-hybridized carbons (Fsp3) is 0.250. The molecule has 6 nitrogen and oxygen atoms in total. The number of nitrogens with zero attached hydrogens (tertiary/aromatic N) is 4. The van der Waals surface area contributed by atoms with Crippen LogP contribution in [-0.4, -0.2) is 34.0 Å². The number of benzene rings is 2. The van der Waals surface area contributed by atoms with E-state index in [0.29, 0.717) is 6.54 Å². The van der Waals surface area contributed by atoms with Crippen LogP contribution in [0, 0.1) is 6.92 Å². The molecule has 1 aromatic heterocycles. The Kier molecular flexibility index (Phi) is 6.49. The van der Waals surface area contributed by atoms with Crippen LogP contribution in [0.15, 0.2) is 65.0 Å². The van der Waals surface area contributed by atoms with Gasteiger partial charge in [0.2, 0.25) is 0 Å². The van der Waals surface area contributed by atoms with E-state index in [-0.39, 0.29) is 0 Å². The van der Waals surface area contributed by atoms with Crippen LogP contribution in [0.2, 0.25) is 0 Å². The van der Waals surface area contributed by atoms with Gasteiger partial charge in [-0.05, 0) is 48.1 Å². The molecular weight excluding hydrogens is 356 g/mol. The van der Waals surface area contributed by atoms with Crippen molar-refractivity contribution in [2.24, 2.45) is 4.99 Å². The van der Waals surface area contributed by atoms with Gasteiger partial charge in [0, 0.05) is 25.0 Å². The zero-order valence-electron chi connectivity index (χ0n) is 15.8. The predicted octanol–water partition coefficient (Wildman–Crippen LogP) is 3.16. The highest BCUT2D eigenvalue weighted by atomic mass is 32.2.